The normalized spacial score (nSPS) is 12.1. The Labute approximate surface area is 73.3 Å². The van der Waals surface area contributed by atoms with Gasteiger partial charge in [0.15, 0.2) is 4.60 Å². The summed E-state index contributed by atoms with van der Waals surface area (Å²) in [6.07, 6.45) is 0. The second-order valence-electron chi connectivity index (χ2n) is 2.89. The quantitative estimate of drug-likeness (QED) is 0.761. The molecule has 1 aromatic rings. The predicted molar refractivity (Wildman–Crippen MR) is 43.9 cm³/mol. The molecule has 0 saturated heterocycles. The van der Waals surface area contributed by atoms with Crippen molar-refractivity contribution < 1.29 is 5.11 Å². The summed E-state index contributed by atoms with van der Waals surface area (Å²) in [7, 11) is 1.71. The summed E-state index contributed by atoms with van der Waals surface area (Å²) in [6.45, 7) is 3.34. The fraction of sp³-hybridized carbons (Fsp3) is 0.667. The van der Waals surface area contributed by atoms with Gasteiger partial charge in [-0.2, -0.15) is 9.90 Å². The minimum absolute atomic E-state index is 0.556. The van der Waals surface area contributed by atoms with Crippen LogP contribution < -0.4 is 0 Å². The van der Waals surface area contributed by atoms with Crippen LogP contribution in [-0.2, 0) is 12.6 Å². The third-order valence-electron chi connectivity index (χ3n) is 1.25. The Kier molecular flexibility index (Phi) is 2.02. The van der Waals surface area contributed by atoms with Crippen LogP contribution in [0, 0.1) is 0 Å². The van der Waals surface area contributed by atoms with Gasteiger partial charge >= 0.3 is 0 Å². The van der Waals surface area contributed by atoms with Crippen molar-refractivity contribution >= 4 is 15.9 Å². The SMILES string of the molecule is Cn1nc(Br)c(C(C)(C)O)n1. The molecule has 0 bridgehead atoms. The van der Waals surface area contributed by atoms with Crippen molar-refractivity contribution in [2.75, 3.05) is 0 Å². The van der Waals surface area contributed by atoms with E-state index in [0.717, 1.165) is 0 Å². The topological polar surface area (TPSA) is 50.9 Å². The molecule has 1 rings (SSSR count). The van der Waals surface area contributed by atoms with Crippen molar-refractivity contribution in [3.05, 3.63) is 10.3 Å². The summed E-state index contributed by atoms with van der Waals surface area (Å²) < 4.78 is 0.590. The maximum Gasteiger partial charge on any atom is 0.154 e. The van der Waals surface area contributed by atoms with Gasteiger partial charge in [0.05, 0.1) is 0 Å². The standard InChI is InChI=1S/C6H10BrN3O/c1-6(2,11)4-5(7)9-10(3)8-4/h11H,1-3H3. The van der Waals surface area contributed by atoms with Crippen molar-refractivity contribution in [2.24, 2.45) is 7.05 Å². The molecule has 0 unspecified atom stereocenters. The summed E-state index contributed by atoms with van der Waals surface area (Å²) >= 11 is 3.20. The van der Waals surface area contributed by atoms with Gasteiger partial charge in [-0.15, -0.1) is 5.10 Å². The molecular formula is C6H10BrN3O. The summed E-state index contributed by atoms with van der Waals surface area (Å²) in [5, 5.41) is 17.5. The van der Waals surface area contributed by atoms with E-state index < -0.39 is 5.60 Å². The molecule has 0 atom stereocenters. The number of hydrogen-bond acceptors (Lipinski definition) is 3. The molecule has 0 aliphatic carbocycles. The molecule has 4 nitrogen and oxygen atoms in total. The lowest BCUT2D eigenvalue weighted by Gasteiger charge is -2.12. The lowest BCUT2D eigenvalue weighted by molar-refractivity contribution is 0.0724. The zero-order valence-corrected chi connectivity index (χ0v) is 8.25. The van der Waals surface area contributed by atoms with E-state index in [4.69, 9.17) is 0 Å². The van der Waals surface area contributed by atoms with Gasteiger partial charge < -0.3 is 5.11 Å². The zero-order valence-electron chi connectivity index (χ0n) is 6.67. The van der Waals surface area contributed by atoms with Crippen LogP contribution in [0.1, 0.15) is 19.5 Å². The van der Waals surface area contributed by atoms with E-state index in [-0.39, 0.29) is 0 Å². The highest BCUT2D eigenvalue weighted by Crippen LogP contribution is 2.23. The van der Waals surface area contributed by atoms with Crippen LogP contribution in [0.3, 0.4) is 0 Å². The second kappa shape index (κ2) is 2.57. The Morgan fingerprint density at radius 2 is 2.00 bits per heavy atom. The molecule has 0 spiro atoms. The van der Waals surface area contributed by atoms with Crippen LogP contribution in [0.25, 0.3) is 0 Å². The highest BCUT2D eigenvalue weighted by Gasteiger charge is 2.23. The van der Waals surface area contributed by atoms with Gasteiger partial charge in [0.1, 0.15) is 11.3 Å². The Morgan fingerprint density at radius 3 is 2.18 bits per heavy atom. The highest BCUT2D eigenvalue weighted by atomic mass is 79.9. The summed E-state index contributed by atoms with van der Waals surface area (Å²) in [5.41, 5.74) is -0.382. The molecule has 0 amide bonds. The number of aliphatic hydroxyl groups is 1. The molecule has 0 aliphatic heterocycles. The minimum Gasteiger partial charge on any atom is -0.384 e. The van der Waals surface area contributed by atoms with Gasteiger partial charge in [0, 0.05) is 7.05 Å². The number of hydrogen-bond donors (Lipinski definition) is 1. The van der Waals surface area contributed by atoms with Crippen LogP contribution in [0.4, 0.5) is 0 Å². The van der Waals surface area contributed by atoms with E-state index in [1.54, 1.807) is 20.9 Å². The van der Waals surface area contributed by atoms with Crippen molar-refractivity contribution in [3.8, 4) is 0 Å². The van der Waals surface area contributed by atoms with E-state index in [1.165, 1.54) is 4.80 Å². The summed E-state index contributed by atoms with van der Waals surface area (Å²) in [6, 6.07) is 0. The number of halogens is 1. The molecule has 0 aliphatic rings. The van der Waals surface area contributed by atoms with Gasteiger partial charge in [-0.05, 0) is 29.8 Å². The third kappa shape index (κ3) is 1.78. The van der Waals surface area contributed by atoms with E-state index in [1.807, 2.05) is 0 Å². The first-order valence-electron chi connectivity index (χ1n) is 3.21. The van der Waals surface area contributed by atoms with Gasteiger partial charge in [-0.3, -0.25) is 0 Å². The molecule has 0 radical (unpaired) electrons. The van der Waals surface area contributed by atoms with E-state index in [0.29, 0.717) is 10.3 Å². The lowest BCUT2D eigenvalue weighted by Crippen LogP contribution is -2.17. The monoisotopic (exact) mass is 219 g/mol. The molecule has 1 aromatic heterocycles. The van der Waals surface area contributed by atoms with Gasteiger partial charge in [-0.25, -0.2) is 0 Å². The highest BCUT2D eigenvalue weighted by molar-refractivity contribution is 9.10. The Morgan fingerprint density at radius 1 is 1.45 bits per heavy atom. The molecule has 0 aromatic carbocycles. The van der Waals surface area contributed by atoms with Crippen molar-refractivity contribution in [1.82, 2.24) is 15.0 Å². The van der Waals surface area contributed by atoms with E-state index >= 15 is 0 Å². The lowest BCUT2D eigenvalue weighted by atomic mass is 10.1. The molecule has 5 heteroatoms. The molecule has 1 N–H and O–H groups in total. The second-order valence-corrected chi connectivity index (χ2v) is 3.64. The minimum atomic E-state index is -0.937. The van der Waals surface area contributed by atoms with Crippen LogP contribution in [0.15, 0.2) is 4.60 Å². The molecular weight excluding hydrogens is 210 g/mol. The van der Waals surface area contributed by atoms with Crippen LogP contribution in [0.5, 0.6) is 0 Å². The molecule has 0 saturated carbocycles. The first-order valence-corrected chi connectivity index (χ1v) is 4.00. The Balaban J connectivity index is 3.13. The van der Waals surface area contributed by atoms with Crippen LogP contribution >= 0.6 is 15.9 Å². The maximum absolute atomic E-state index is 9.54. The largest absolute Gasteiger partial charge is 0.384 e. The smallest absolute Gasteiger partial charge is 0.154 e. The molecule has 1 heterocycles. The molecule has 62 valence electrons. The first kappa shape index (κ1) is 8.67. The average Bonchev–Trinajstić information content (AvgIpc) is 2.08. The predicted octanol–water partition coefficient (Wildman–Crippen LogP) is 0.805. The fourth-order valence-electron chi connectivity index (χ4n) is 0.758. The van der Waals surface area contributed by atoms with E-state index in [2.05, 4.69) is 26.1 Å². The maximum atomic E-state index is 9.54. The molecule has 0 fully saturated rings. The van der Waals surface area contributed by atoms with Crippen LogP contribution in [-0.4, -0.2) is 20.1 Å². The average molecular weight is 220 g/mol. The Hall–Kier alpha value is -0.420. The Bertz CT molecular complexity index is 263. The van der Waals surface area contributed by atoms with Gasteiger partial charge in [0.2, 0.25) is 0 Å². The van der Waals surface area contributed by atoms with E-state index in [9.17, 15) is 5.11 Å². The van der Waals surface area contributed by atoms with Crippen LogP contribution in [0.2, 0.25) is 0 Å². The number of nitrogens with zero attached hydrogens (tertiary/aromatic N) is 3. The van der Waals surface area contributed by atoms with Crippen molar-refractivity contribution in [3.63, 3.8) is 0 Å². The number of rotatable bonds is 1. The zero-order chi connectivity index (χ0) is 8.65. The third-order valence-corrected chi connectivity index (χ3v) is 1.79. The molecule has 11 heavy (non-hydrogen) atoms. The van der Waals surface area contributed by atoms with Gasteiger partial charge in [-0.1, -0.05) is 0 Å². The number of aromatic nitrogens is 3. The van der Waals surface area contributed by atoms with Gasteiger partial charge in [0.25, 0.3) is 0 Å². The van der Waals surface area contributed by atoms with Crippen molar-refractivity contribution in [1.29, 1.82) is 0 Å². The fourth-order valence-corrected chi connectivity index (χ4v) is 1.55. The summed E-state index contributed by atoms with van der Waals surface area (Å²) in [4.78, 5) is 1.41. The summed E-state index contributed by atoms with van der Waals surface area (Å²) in [5.74, 6) is 0. The first-order chi connectivity index (χ1) is 4.91. The number of aryl methyl sites for hydroxylation is 1. The van der Waals surface area contributed by atoms with Crippen molar-refractivity contribution in [2.45, 2.75) is 19.4 Å².